The van der Waals surface area contributed by atoms with E-state index in [2.05, 4.69) is 43.3 Å². The zero-order chi connectivity index (χ0) is 17.9. The Hall–Kier alpha value is -1.93. The smallest absolute Gasteiger partial charge is 0.0963 e. The third kappa shape index (κ3) is 3.35. The van der Waals surface area contributed by atoms with Crippen molar-refractivity contribution in [3.05, 3.63) is 64.0 Å². The van der Waals surface area contributed by atoms with Crippen molar-refractivity contribution in [1.82, 2.24) is 4.98 Å². The lowest BCUT2D eigenvalue weighted by Crippen LogP contribution is -2.20. The van der Waals surface area contributed by atoms with Gasteiger partial charge in [0.25, 0.3) is 0 Å². The molecule has 2 nitrogen and oxygen atoms in total. The quantitative estimate of drug-likeness (QED) is 0.773. The predicted molar refractivity (Wildman–Crippen MR) is 108 cm³/mol. The Morgan fingerprint density at radius 1 is 1.08 bits per heavy atom. The molecule has 1 N–H and O–H groups in total. The van der Waals surface area contributed by atoms with Crippen LogP contribution in [0.1, 0.15) is 85.2 Å². The largest absolute Gasteiger partial charge is 0.387 e. The van der Waals surface area contributed by atoms with Crippen molar-refractivity contribution < 1.29 is 5.11 Å². The van der Waals surface area contributed by atoms with Gasteiger partial charge in [-0.25, -0.2) is 4.98 Å². The maximum atomic E-state index is 10.6. The molecule has 0 amide bonds. The van der Waals surface area contributed by atoms with Gasteiger partial charge in [-0.15, -0.1) is 0 Å². The summed E-state index contributed by atoms with van der Waals surface area (Å²) in [6.07, 6.45) is 11.9. The third-order valence-electron chi connectivity index (χ3n) is 5.87. The molecule has 136 valence electrons. The van der Waals surface area contributed by atoms with Gasteiger partial charge in [0.2, 0.25) is 0 Å². The molecule has 1 aromatic heterocycles. The maximum Gasteiger partial charge on any atom is 0.0963 e. The van der Waals surface area contributed by atoms with Gasteiger partial charge in [-0.2, -0.15) is 0 Å². The summed E-state index contributed by atoms with van der Waals surface area (Å²) in [5.74, 6) is 0. The Morgan fingerprint density at radius 3 is 2.69 bits per heavy atom. The number of hydrogen-bond donors (Lipinski definition) is 1. The highest BCUT2D eigenvalue weighted by Gasteiger charge is 2.28. The number of hydrogen-bond acceptors (Lipinski definition) is 2. The van der Waals surface area contributed by atoms with Crippen molar-refractivity contribution in [2.24, 2.45) is 0 Å². The van der Waals surface area contributed by atoms with Crippen LogP contribution in [0.2, 0.25) is 0 Å². The number of benzene rings is 1. The summed E-state index contributed by atoms with van der Waals surface area (Å²) in [5, 5.41) is 10.6. The average molecular weight is 348 g/mol. The van der Waals surface area contributed by atoms with E-state index < -0.39 is 0 Å². The molecule has 2 aliphatic carbocycles. The van der Waals surface area contributed by atoms with Gasteiger partial charge >= 0.3 is 0 Å². The second-order valence-electron chi connectivity index (χ2n) is 7.73. The summed E-state index contributed by atoms with van der Waals surface area (Å²) in [6.45, 7) is 2.26. The molecular weight excluding hydrogens is 318 g/mol. The van der Waals surface area contributed by atoms with Gasteiger partial charge in [0.1, 0.15) is 0 Å². The Morgan fingerprint density at radius 2 is 1.88 bits per heavy atom. The minimum Gasteiger partial charge on any atom is -0.387 e. The third-order valence-corrected chi connectivity index (χ3v) is 5.87. The van der Waals surface area contributed by atoms with E-state index in [0.29, 0.717) is 0 Å². The van der Waals surface area contributed by atoms with E-state index in [1.807, 2.05) is 0 Å². The van der Waals surface area contributed by atoms with Gasteiger partial charge < -0.3 is 5.11 Å². The molecule has 0 aliphatic heterocycles. The van der Waals surface area contributed by atoms with E-state index in [-0.39, 0.29) is 6.10 Å². The number of nitrogens with zero attached hydrogens (tertiary/aromatic N) is 1. The number of aliphatic hydroxyl groups excluding tert-OH is 1. The fraction of sp³-hybridized carbons (Fsp3) is 0.458. The Labute approximate surface area is 157 Å². The van der Waals surface area contributed by atoms with Crippen LogP contribution in [-0.4, -0.2) is 10.1 Å². The molecule has 1 heterocycles. The van der Waals surface area contributed by atoms with Crippen LogP contribution >= 0.6 is 0 Å². The van der Waals surface area contributed by atoms with E-state index in [1.165, 1.54) is 52.8 Å². The van der Waals surface area contributed by atoms with Crippen molar-refractivity contribution in [2.45, 2.75) is 70.8 Å². The highest BCUT2D eigenvalue weighted by molar-refractivity contribution is 5.82. The van der Waals surface area contributed by atoms with Crippen LogP contribution in [0.4, 0.5) is 0 Å². The standard InChI is InChI=1S/C24H29NO/c1-2-3-12-19-20-13-7-11-18(16-17-9-5-4-6-10-17)23(20)25-24-21(19)14-8-15-22(24)26/h4-6,9-10,16,22,26H,2-3,7-8,11-15H2,1H3. The Balaban J connectivity index is 1.85. The van der Waals surface area contributed by atoms with Crippen molar-refractivity contribution in [3.8, 4) is 0 Å². The Bertz CT molecular complexity index is 807. The van der Waals surface area contributed by atoms with Gasteiger partial charge in [-0.1, -0.05) is 43.7 Å². The number of aromatic nitrogens is 1. The summed E-state index contributed by atoms with van der Waals surface area (Å²) >= 11 is 0. The monoisotopic (exact) mass is 347 g/mol. The zero-order valence-electron chi connectivity index (χ0n) is 15.8. The molecule has 0 fully saturated rings. The average Bonchev–Trinajstić information content (AvgIpc) is 2.67. The van der Waals surface area contributed by atoms with Crippen molar-refractivity contribution >= 4 is 11.6 Å². The van der Waals surface area contributed by atoms with Crippen LogP contribution in [0.5, 0.6) is 0 Å². The molecule has 2 aliphatic rings. The van der Waals surface area contributed by atoms with Crippen molar-refractivity contribution in [3.63, 3.8) is 0 Å². The van der Waals surface area contributed by atoms with E-state index in [9.17, 15) is 5.11 Å². The number of pyridine rings is 1. The number of allylic oxidation sites excluding steroid dienone is 1. The predicted octanol–water partition coefficient (Wildman–Crippen LogP) is 5.67. The molecule has 1 aromatic carbocycles. The minimum absolute atomic E-state index is 0.385. The summed E-state index contributed by atoms with van der Waals surface area (Å²) in [7, 11) is 0. The zero-order valence-corrected chi connectivity index (χ0v) is 15.8. The maximum absolute atomic E-state index is 10.6. The van der Waals surface area contributed by atoms with Crippen LogP contribution in [-0.2, 0) is 19.3 Å². The van der Waals surface area contributed by atoms with Crippen LogP contribution in [0, 0.1) is 0 Å². The fourth-order valence-electron chi connectivity index (χ4n) is 4.55. The minimum atomic E-state index is -0.385. The molecule has 1 unspecified atom stereocenters. The van der Waals surface area contributed by atoms with Crippen molar-refractivity contribution in [1.29, 1.82) is 0 Å². The molecule has 0 saturated heterocycles. The number of rotatable bonds is 4. The van der Waals surface area contributed by atoms with Gasteiger partial charge in [0.05, 0.1) is 17.5 Å². The fourth-order valence-corrected chi connectivity index (χ4v) is 4.55. The molecule has 0 bridgehead atoms. The molecule has 26 heavy (non-hydrogen) atoms. The number of fused-ring (bicyclic) bond motifs is 2. The van der Waals surface area contributed by atoms with E-state index >= 15 is 0 Å². The molecule has 1 atom stereocenters. The van der Waals surface area contributed by atoms with Crippen LogP contribution in [0.3, 0.4) is 0 Å². The van der Waals surface area contributed by atoms with E-state index in [4.69, 9.17) is 4.98 Å². The van der Waals surface area contributed by atoms with Crippen LogP contribution < -0.4 is 0 Å². The van der Waals surface area contributed by atoms with Gasteiger partial charge in [-0.3, -0.25) is 0 Å². The molecule has 2 heteroatoms. The van der Waals surface area contributed by atoms with Crippen LogP contribution in [0.15, 0.2) is 30.3 Å². The van der Waals surface area contributed by atoms with Crippen LogP contribution in [0.25, 0.3) is 11.6 Å². The van der Waals surface area contributed by atoms with Gasteiger partial charge in [-0.05, 0) is 85.3 Å². The molecule has 2 aromatic rings. The molecular formula is C24H29NO. The SMILES string of the molecule is CCCCc1c2c(nc3c1CCCC3O)C(=Cc1ccccc1)CCC2. The molecule has 4 rings (SSSR count). The first-order chi connectivity index (χ1) is 12.8. The van der Waals surface area contributed by atoms with E-state index in [1.54, 1.807) is 0 Å². The number of unbranched alkanes of at least 4 members (excludes halogenated alkanes) is 1. The first kappa shape index (κ1) is 17.5. The summed E-state index contributed by atoms with van der Waals surface area (Å²) in [5.41, 5.74) is 9.09. The summed E-state index contributed by atoms with van der Waals surface area (Å²) in [6, 6.07) is 10.6. The molecule has 0 saturated carbocycles. The highest BCUT2D eigenvalue weighted by atomic mass is 16.3. The lowest BCUT2D eigenvalue weighted by atomic mass is 9.80. The van der Waals surface area contributed by atoms with Crippen molar-refractivity contribution in [2.75, 3.05) is 0 Å². The first-order valence-electron chi connectivity index (χ1n) is 10.3. The highest BCUT2D eigenvalue weighted by Crippen LogP contribution is 2.40. The van der Waals surface area contributed by atoms with E-state index in [0.717, 1.165) is 44.2 Å². The topological polar surface area (TPSA) is 33.1 Å². The lowest BCUT2D eigenvalue weighted by molar-refractivity contribution is 0.151. The Kier molecular flexibility index (Phi) is 5.21. The van der Waals surface area contributed by atoms with Gasteiger partial charge in [0.15, 0.2) is 0 Å². The first-order valence-corrected chi connectivity index (χ1v) is 10.3. The summed E-state index contributed by atoms with van der Waals surface area (Å²) < 4.78 is 0. The normalized spacial score (nSPS) is 20.7. The molecule has 0 spiro atoms. The van der Waals surface area contributed by atoms with Gasteiger partial charge in [0, 0.05) is 0 Å². The second kappa shape index (κ2) is 7.75. The second-order valence-corrected chi connectivity index (χ2v) is 7.73. The lowest BCUT2D eigenvalue weighted by Gasteiger charge is -2.30. The summed E-state index contributed by atoms with van der Waals surface area (Å²) in [4.78, 5) is 5.06. The number of aliphatic hydroxyl groups is 1. The molecule has 0 radical (unpaired) electrons.